The summed E-state index contributed by atoms with van der Waals surface area (Å²) in [5.41, 5.74) is 1.35. The molecule has 1 amide bonds. The summed E-state index contributed by atoms with van der Waals surface area (Å²) >= 11 is 7.99. The van der Waals surface area contributed by atoms with Gasteiger partial charge in [-0.1, -0.05) is 17.7 Å². The number of anilines is 1. The summed E-state index contributed by atoms with van der Waals surface area (Å²) in [4.78, 5) is 26.7. The van der Waals surface area contributed by atoms with Crippen molar-refractivity contribution in [1.82, 2.24) is 25.1 Å². The van der Waals surface area contributed by atoms with E-state index in [9.17, 15) is 4.79 Å². The quantitative estimate of drug-likeness (QED) is 0.528. The average Bonchev–Trinajstić information content (AvgIpc) is 3.21. The minimum absolute atomic E-state index is 0.0972. The molecular weight excluding hydrogens is 432 g/mol. The molecule has 0 radical (unpaired) electrons. The first kappa shape index (κ1) is 22.0. The van der Waals surface area contributed by atoms with Crippen molar-refractivity contribution in [2.45, 2.75) is 6.42 Å². The number of thiophene rings is 1. The Hall–Kier alpha value is -2.26. The zero-order valence-corrected chi connectivity index (χ0v) is 19.4. The number of amides is 1. The summed E-state index contributed by atoms with van der Waals surface area (Å²) in [6.07, 6.45) is 2.68. The Morgan fingerprint density at radius 3 is 2.81 bits per heavy atom. The third-order valence-corrected chi connectivity index (χ3v) is 6.90. The van der Waals surface area contributed by atoms with Crippen LogP contribution in [0, 0.1) is 0 Å². The van der Waals surface area contributed by atoms with Crippen LogP contribution in [0.15, 0.2) is 30.5 Å². The fourth-order valence-electron chi connectivity index (χ4n) is 3.63. The molecule has 4 rings (SSSR count). The third kappa shape index (κ3) is 5.33. The Bertz CT molecular complexity index is 1060. The van der Waals surface area contributed by atoms with Gasteiger partial charge in [0, 0.05) is 50.0 Å². The van der Waals surface area contributed by atoms with Crippen molar-refractivity contribution in [2.75, 3.05) is 58.7 Å². The Morgan fingerprint density at radius 2 is 2.03 bits per heavy atom. The number of nitrogens with one attached hydrogen (secondary N) is 2. The number of hydrogen-bond acceptors (Lipinski definition) is 7. The van der Waals surface area contributed by atoms with Crippen LogP contribution in [0.3, 0.4) is 0 Å². The van der Waals surface area contributed by atoms with E-state index >= 15 is 0 Å². The molecule has 0 atom stereocenters. The van der Waals surface area contributed by atoms with E-state index in [-0.39, 0.29) is 5.91 Å². The number of piperazine rings is 1. The van der Waals surface area contributed by atoms with E-state index in [2.05, 4.69) is 43.5 Å². The molecule has 3 heterocycles. The van der Waals surface area contributed by atoms with Crippen molar-refractivity contribution in [1.29, 1.82) is 0 Å². The lowest BCUT2D eigenvalue weighted by atomic mass is 10.1. The molecule has 3 aromatic rings. The lowest BCUT2D eigenvalue weighted by molar-refractivity contribution is 0.0963. The van der Waals surface area contributed by atoms with Gasteiger partial charge in [0.1, 0.15) is 5.69 Å². The van der Waals surface area contributed by atoms with E-state index in [0.717, 1.165) is 60.7 Å². The first-order chi connectivity index (χ1) is 15.0. The number of benzene rings is 1. The molecule has 0 spiro atoms. The molecule has 1 fully saturated rings. The summed E-state index contributed by atoms with van der Waals surface area (Å²) < 4.78 is 1.02. The van der Waals surface area contributed by atoms with Gasteiger partial charge >= 0.3 is 0 Å². The predicted octanol–water partition coefficient (Wildman–Crippen LogP) is 3.42. The van der Waals surface area contributed by atoms with E-state index < -0.39 is 0 Å². The summed E-state index contributed by atoms with van der Waals surface area (Å²) in [6.45, 7) is 6.42. The van der Waals surface area contributed by atoms with Crippen LogP contribution in [0.2, 0.25) is 5.02 Å². The third-order valence-electron chi connectivity index (χ3n) is 5.52. The highest BCUT2D eigenvalue weighted by Crippen LogP contribution is 2.36. The molecule has 1 aliphatic heterocycles. The molecule has 2 N–H and O–H groups in total. The average molecular weight is 459 g/mol. The summed E-state index contributed by atoms with van der Waals surface area (Å²) in [6, 6.07) is 7.73. The highest BCUT2D eigenvalue weighted by Gasteiger charge is 2.14. The molecule has 1 aromatic carbocycles. The van der Waals surface area contributed by atoms with Crippen LogP contribution in [0.4, 0.5) is 5.95 Å². The number of carbonyl (C=O) groups excluding carboxylic acids is 1. The number of rotatable bonds is 7. The van der Waals surface area contributed by atoms with Gasteiger partial charge in [-0.05, 0) is 43.6 Å². The molecule has 2 aromatic heterocycles. The van der Waals surface area contributed by atoms with Gasteiger partial charge in [0.25, 0.3) is 5.91 Å². The van der Waals surface area contributed by atoms with E-state index in [1.165, 1.54) is 0 Å². The van der Waals surface area contributed by atoms with Crippen molar-refractivity contribution in [2.24, 2.45) is 0 Å². The van der Waals surface area contributed by atoms with Crippen molar-refractivity contribution in [3.05, 3.63) is 41.0 Å². The van der Waals surface area contributed by atoms with Gasteiger partial charge in [-0.3, -0.25) is 4.79 Å². The molecule has 0 aliphatic carbocycles. The van der Waals surface area contributed by atoms with E-state index in [0.29, 0.717) is 22.2 Å². The van der Waals surface area contributed by atoms with Crippen molar-refractivity contribution in [3.63, 3.8) is 0 Å². The molecule has 0 bridgehead atoms. The van der Waals surface area contributed by atoms with Crippen LogP contribution in [0.25, 0.3) is 20.7 Å². The van der Waals surface area contributed by atoms with Gasteiger partial charge in [0.05, 0.1) is 16.1 Å². The Labute approximate surface area is 191 Å². The highest BCUT2D eigenvalue weighted by atomic mass is 35.5. The summed E-state index contributed by atoms with van der Waals surface area (Å²) in [5, 5.41) is 7.56. The smallest absolute Gasteiger partial charge is 0.251 e. The molecule has 9 heteroatoms. The van der Waals surface area contributed by atoms with Crippen molar-refractivity contribution < 1.29 is 4.79 Å². The van der Waals surface area contributed by atoms with E-state index in [1.54, 1.807) is 24.6 Å². The molecule has 0 saturated carbocycles. The monoisotopic (exact) mass is 458 g/mol. The van der Waals surface area contributed by atoms with Gasteiger partial charge in [-0.2, -0.15) is 0 Å². The second-order valence-electron chi connectivity index (χ2n) is 7.76. The van der Waals surface area contributed by atoms with Gasteiger partial charge in [-0.25, -0.2) is 9.97 Å². The second kappa shape index (κ2) is 9.91. The molecule has 7 nitrogen and oxygen atoms in total. The first-order valence-electron chi connectivity index (χ1n) is 10.5. The Morgan fingerprint density at radius 1 is 1.23 bits per heavy atom. The maximum Gasteiger partial charge on any atom is 0.251 e. The topological polar surface area (TPSA) is 73.4 Å². The molecule has 0 unspecified atom stereocenters. The van der Waals surface area contributed by atoms with E-state index in [4.69, 9.17) is 11.6 Å². The van der Waals surface area contributed by atoms with Gasteiger partial charge in [-0.15, -0.1) is 11.3 Å². The standard InChI is InChI=1S/C22H27ClN6OS/c1-24-21(30)16-5-4-15-12-19(31-18(15)13-16)20-17(23)14-26-22(27-20)25-6-3-7-29-10-8-28(2)9-11-29/h4-5,12-14H,3,6-11H2,1-2H3,(H,24,30)(H,25,26,27). The molecule has 164 valence electrons. The van der Waals surface area contributed by atoms with Crippen LogP contribution >= 0.6 is 22.9 Å². The lowest BCUT2D eigenvalue weighted by Gasteiger charge is -2.32. The minimum atomic E-state index is -0.0972. The number of carbonyl (C=O) groups is 1. The van der Waals surface area contributed by atoms with Crippen LogP contribution in [0.5, 0.6) is 0 Å². The van der Waals surface area contributed by atoms with Crippen LogP contribution in [-0.4, -0.2) is 79.0 Å². The fraction of sp³-hybridized carbons (Fsp3) is 0.409. The zero-order chi connectivity index (χ0) is 21.8. The van der Waals surface area contributed by atoms with Crippen molar-refractivity contribution >= 4 is 44.9 Å². The minimum Gasteiger partial charge on any atom is -0.355 e. The number of likely N-dealkylation sites (N-methyl/N-ethyl adjacent to an activating group) is 1. The van der Waals surface area contributed by atoms with Crippen LogP contribution < -0.4 is 10.6 Å². The maximum absolute atomic E-state index is 11.9. The molecule has 1 saturated heterocycles. The number of halogens is 1. The Kier molecular flexibility index (Phi) is 7.02. The number of hydrogen-bond donors (Lipinski definition) is 2. The number of nitrogens with zero attached hydrogens (tertiary/aromatic N) is 4. The molecule has 1 aliphatic rings. The maximum atomic E-state index is 11.9. The number of fused-ring (bicyclic) bond motifs is 1. The van der Waals surface area contributed by atoms with E-state index in [1.807, 2.05) is 18.2 Å². The SMILES string of the molecule is CNC(=O)c1ccc2cc(-c3nc(NCCCN4CCN(C)CC4)ncc3Cl)sc2c1. The summed E-state index contributed by atoms with van der Waals surface area (Å²) in [7, 11) is 3.80. The number of aromatic nitrogens is 2. The second-order valence-corrected chi connectivity index (χ2v) is 9.25. The van der Waals surface area contributed by atoms with Crippen LogP contribution in [-0.2, 0) is 0 Å². The summed E-state index contributed by atoms with van der Waals surface area (Å²) in [5.74, 6) is 0.487. The first-order valence-corrected chi connectivity index (χ1v) is 11.7. The molecular formula is C22H27ClN6OS. The fourth-order valence-corrected chi connectivity index (χ4v) is 4.99. The highest BCUT2D eigenvalue weighted by molar-refractivity contribution is 7.22. The van der Waals surface area contributed by atoms with Crippen LogP contribution in [0.1, 0.15) is 16.8 Å². The zero-order valence-electron chi connectivity index (χ0n) is 17.8. The van der Waals surface area contributed by atoms with Gasteiger partial charge in [0.15, 0.2) is 0 Å². The molecule has 31 heavy (non-hydrogen) atoms. The largest absolute Gasteiger partial charge is 0.355 e. The lowest BCUT2D eigenvalue weighted by Crippen LogP contribution is -2.44. The van der Waals surface area contributed by atoms with Gasteiger partial charge < -0.3 is 20.4 Å². The van der Waals surface area contributed by atoms with Crippen molar-refractivity contribution in [3.8, 4) is 10.6 Å². The Balaban J connectivity index is 1.42. The normalized spacial score (nSPS) is 15.3. The van der Waals surface area contributed by atoms with Gasteiger partial charge in [0.2, 0.25) is 5.95 Å². The predicted molar refractivity (Wildman–Crippen MR) is 128 cm³/mol.